The Kier molecular flexibility index (Phi) is 4.09. The van der Waals surface area contributed by atoms with E-state index >= 15 is 0 Å². The van der Waals surface area contributed by atoms with Crippen LogP contribution in [-0.4, -0.2) is 43.0 Å². The molecule has 1 fully saturated rings. The summed E-state index contributed by atoms with van der Waals surface area (Å²) in [5, 5.41) is 4.03. The van der Waals surface area contributed by atoms with Gasteiger partial charge in [0.2, 0.25) is 0 Å². The molecule has 1 saturated heterocycles. The van der Waals surface area contributed by atoms with Gasteiger partial charge in [-0.2, -0.15) is 11.3 Å². The summed E-state index contributed by atoms with van der Waals surface area (Å²) in [5.41, 5.74) is 1.10. The molecular weight excluding hydrogens is 222 g/mol. The molecule has 0 saturated carbocycles. The van der Waals surface area contributed by atoms with Crippen LogP contribution in [0.25, 0.3) is 0 Å². The maximum absolute atomic E-state index is 12.0. The van der Waals surface area contributed by atoms with Crippen LogP contribution in [0.1, 0.15) is 12.5 Å². The Labute approximate surface area is 100 Å². The second-order valence-electron chi connectivity index (χ2n) is 4.03. The normalized spacial score (nSPS) is 22.2. The van der Waals surface area contributed by atoms with Crippen LogP contribution in [0.3, 0.4) is 0 Å². The number of rotatable bonds is 4. The van der Waals surface area contributed by atoms with Crippen molar-refractivity contribution in [3.05, 3.63) is 22.4 Å². The molecule has 4 heteroatoms. The summed E-state index contributed by atoms with van der Waals surface area (Å²) >= 11 is 1.63. The molecule has 0 aromatic carbocycles. The standard InChI is InChI=1S/C12H17NO2S/c1-2-13-4-5-15-12(8-13)11(14)7-10-3-6-16-9-10/h3,6,9,12H,2,4-5,7-8H2,1H3. The van der Waals surface area contributed by atoms with Crippen LogP contribution in [0.2, 0.25) is 0 Å². The Balaban J connectivity index is 1.89. The minimum Gasteiger partial charge on any atom is -0.368 e. The van der Waals surface area contributed by atoms with Gasteiger partial charge in [-0.1, -0.05) is 6.92 Å². The molecule has 0 aliphatic carbocycles. The van der Waals surface area contributed by atoms with E-state index in [4.69, 9.17) is 4.74 Å². The Hall–Kier alpha value is -0.710. The number of nitrogens with zero attached hydrogens (tertiary/aromatic N) is 1. The van der Waals surface area contributed by atoms with Crippen LogP contribution in [-0.2, 0) is 16.0 Å². The summed E-state index contributed by atoms with van der Waals surface area (Å²) in [6, 6.07) is 2.00. The van der Waals surface area contributed by atoms with Crippen molar-refractivity contribution in [3.8, 4) is 0 Å². The molecule has 1 aromatic rings. The summed E-state index contributed by atoms with van der Waals surface area (Å²) in [6.45, 7) is 5.48. The predicted molar refractivity (Wildman–Crippen MR) is 64.9 cm³/mol. The Bertz CT molecular complexity index is 337. The molecule has 0 amide bonds. The third-order valence-electron chi connectivity index (χ3n) is 2.92. The lowest BCUT2D eigenvalue weighted by Crippen LogP contribution is -2.46. The summed E-state index contributed by atoms with van der Waals surface area (Å²) in [4.78, 5) is 14.2. The maximum atomic E-state index is 12.0. The Morgan fingerprint density at radius 1 is 1.69 bits per heavy atom. The van der Waals surface area contributed by atoms with Gasteiger partial charge in [-0.15, -0.1) is 0 Å². The van der Waals surface area contributed by atoms with Gasteiger partial charge >= 0.3 is 0 Å². The molecule has 0 N–H and O–H groups in total. The topological polar surface area (TPSA) is 29.5 Å². The van der Waals surface area contributed by atoms with E-state index in [1.165, 1.54) is 0 Å². The van der Waals surface area contributed by atoms with Crippen LogP contribution < -0.4 is 0 Å². The quantitative estimate of drug-likeness (QED) is 0.799. The van der Waals surface area contributed by atoms with Gasteiger partial charge in [0, 0.05) is 19.5 Å². The van der Waals surface area contributed by atoms with Gasteiger partial charge in [-0.3, -0.25) is 9.69 Å². The van der Waals surface area contributed by atoms with Crippen molar-refractivity contribution in [2.75, 3.05) is 26.2 Å². The lowest BCUT2D eigenvalue weighted by atomic mass is 10.1. The molecule has 2 heterocycles. The second-order valence-corrected chi connectivity index (χ2v) is 4.81. The second kappa shape index (κ2) is 5.57. The van der Waals surface area contributed by atoms with E-state index in [-0.39, 0.29) is 11.9 Å². The first-order chi connectivity index (χ1) is 7.79. The van der Waals surface area contributed by atoms with Gasteiger partial charge in [-0.05, 0) is 28.9 Å². The number of morpholine rings is 1. The fourth-order valence-electron chi connectivity index (χ4n) is 1.89. The van der Waals surface area contributed by atoms with Crippen molar-refractivity contribution < 1.29 is 9.53 Å². The van der Waals surface area contributed by atoms with E-state index in [1.807, 2.05) is 16.8 Å². The summed E-state index contributed by atoms with van der Waals surface area (Å²) in [6.07, 6.45) is 0.278. The molecule has 1 aliphatic rings. The average molecular weight is 239 g/mol. The van der Waals surface area contributed by atoms with Crippen LogP contribution in [0, 0.1) is 0 Å². The predicted octanol–water partition coefficient (Wildman–Crippen LogP) is 1.58. The van der Waals surface area contributed by atoms with Gasteiger partial charge in [-0.25, -0.2) is 0 Å². The van der Waals surface area contributed by atoms with E-state index in [9.17, 15) is 4.79 Å². The Morgan fingerprint density at radius 2 is 2.56 bits per heavy atom. The first-order valence-electron chi connectivity index (χ1n) is 5.67. The first-order valence-corrected chi connectivity index (χ1v) is 6.61. The number of thiophene rings is 1. The van der Waals surface area contributed by atoms with E-state index in [1.54, 1.807) is 11.3 Å². The molecule has 1 unspecified atom stereocenters. The first kappa shape index (κ1) is 11.8. The van der Waals surface area contributed by atoms with Crippen molar-refractivity contribution >= 4 is 17.1 Å². The van der Waals surface area contributed by atoms with Gasteiger partial charge in [0.25, 0.3) is 0 Å². The third kappa shape index (κ3) is 2.90. The Morgan fingerprint density at radius 3 is 3.25 bits per heavy atom. The van der Waals surface area contributed by atoms with Crippen LogP contribution in [0.5, 0.6) is 0 Å². The van der Waals surface area contributed by atoms with Crippen molar-refractivity contribution in [1.29, 1.82) is 0 Å². The van der Waals surface area contributed by atoms with Gasteiger partial charge in [0.15, 0.2) is 5.78 Å². The number of Topliss-reactive ketones (excluding diaryl/α,β-unsaturated/α-hetero) is 1. The lowest BCUT2D eigenvalue weighted by Gasteiger charge is -2.31. The van der Waals surface area contributed by atoms with Gasteiger partial charge in [0.05, 0.1) is 6.61 Å². The number of ether oxygens (including phenoxy) is 1. The zero-order valence-corrected chi connectivity index (χ0v) is 10.3. The zero-order valence-electron chi connectivity index (χ0n) is 9.52. The molecule has 1 aliphatic heterocycles. The summed E-state index contributed by atoms with van der Waals surface area (Å²) in [7, 11) is 0. The number of carbonyl (C=O) groups excluding carboxylic acids is 1. The van der Waals surface area contributed by atoms with Crippen LogP contribution >= 0.6 is 11.3 Å². The number of likely N-dealkylation sites (N-methyl/N-ethyl adjacent to an activating group) is 1. The monoisotopic (exact) mass is 239 g/mol. The molecule has 0 bridgehead atoms. The number of ketones is 1. The molecule has 0 radical (unpaired) electrons. The van der Waals surface area contributed by atoms with Gasteiger partial charge in [0.1, 0.15) is 6.10 Å². The van der Waals surface area contributed by atoms with Crippen molar-refractivity contribution in [1.82, 2.24) is 4.90 Å². The van der Waals surface area contributed by atoms with E-state index in [0.717, 1.165) is 25.2 Å². The van der Waals surface area contributed by atoms with Crippen molar-refractivity contribution in [2.45, 2.75) is 19.4 Å². The fourth-order valence-corrected chi connectivity index (χ4v) is 2.56. The lowest BCUT2D eigenvalue weighted by molar-refractivity contribution is -0.135. The van der Waals surface area contributed by atoms with Crippen LogP contribution in [0.4, 0.5) is 0 Å². The molecule has 0 spiro atoms. The van der Waals surface area contributed by atoms with Crippen LogP contribution in [0.15, 0.2) is 16.8 Å². The molecule has 1 aromatic heterocycles. The highest BCUT2D eigenvalue weighted by Gasteiger charge is 2.25. The minimum atomic E-state index is -0.228. The number of carbonyl (C=O) groups is 1. The maximum Gasteiger partial charge on any atom is 0.167 e. The fraction of sp³-hybridized carbons (Fsp3) is 0.583. The highest BCUT2D eigenvalue weighted by atomic mass is 32.1. The highest BCUT2D eigenvalue weighted by molar-refractivity contribution is 7.07. The van der Waals surface area contributed by atoms with E-state index < -0.39 is 0 Å². The minimum absolute atomic E-state index is 0.205. The number of hydrogen-bond acceptors (Lipinski definition) is 4. The van der Waals surface area contributed by atoms with Gasteiger partial charge < -0.3 is 4.74 Å². The van der Waals surface area contributed by atoms with E-state index in [0.29, 0.717) is 13.0 Å². The zero-order chi connectivity index (χ0) is 11.4. The molecule has 1 atom stereocenters. The SMILES string of the molecule is CCN1CCOC(C(=O)Cc2ccsc2)C1. The third-order valence-corrected chi connectivity index (χ3v) is 3.65. The molecule has 16 heavy (non-hydrogen) atoms. The van der Waals surface area contributed by atoms with E-state index in [2.05, 4.69) is 11.8 Å². The number of hydrogen-bond donors (Lipinski definition) is 0. The molecule has 3 nitrogen and oxygen atoms in total. The molecule has 88 valence electrons. The molecule has 2 rings (SSSR count). The average Bonchev–Trinajstić information content (AvgIpc) is 2.82. The summed E-state index contributed by atoms with van der Waals surface area (Å²) < 4.78 is 5.53. The smallest absolute Gasteiger partial charge is 0.167 e. The molecular formula is C12H17NO2S. The summed E-state index contributed by atoms with van der Waals surface area (Å²) in [5.74, 6) is 0.205. The van der Waals surface area contributed by atoms with Crippen molar-refractivity contribution in [3.63, 3.8) is 0 Å². The highest BCUT2D eigenvalue weighted by Crippen LogP contribution is 2.12. The van der Waals surface area contributed by atoms with Crippen molar-refractivity contribution in [2.24, 2.45) is 0 Å². The largest absolute Gasteiger partial charge is 0.368 e.